The molecule has 0 aromatic carbocycles. The maximum atomic E-state index is 13.6. The van der Waals surface area contributed by atoms with Gasteiger partial charge in [-0.25, -0.2) is 0 Å². The standard InChI is InChI=1S/C9H12F4NO4S2/c1-3-8-7(2)5-4-6-14(8,20(13,17)18)19(15,16)9(10,11)12/h4-6,8H,3H2,1-2H3/q+1. The van der Waals surface area contributed by atoms with Gasteiger partial charge in [0.15, 0.2) is 0 Å². The lowest BCUT2D eigenvalue weighted by Gasteiger charge is -2.36. The van der Waals surface area contributed by atoms with Crippen LogP contribution in [-0.2, 0) is 20.4 Å². The summed E-state index contributed by atoms with van der Waals surface area (Å²) in [5.41, 5.74) is -5.90. The highest BCUT2D eigenvalue weighted by Crippen LogP contribution is 2.43. The van der Waals surface area contributed by atoms with Gasteiger partial charge in [0, 0.05) is 6.42 Å². The van der Waals surface area contributed by atoms with Crippen LogP contribution in [0, 0.1) is 0 Å². The Kier molecular flexibility index (Phi) is 4.11. The highest BCUT2D eigenvalue weighted by molar-refractivity contribution is 7.96. The number of hydrogen-bond acceptors (Lipinski definition) is 4. The maximum absolute atomic E-state index is 13.6. The van der Waals surface area contributed by atoms with Crippen LogP contribution in [0.5, 0.6) is 0 Å². The lowest BCUT2D eigenvalue weighted by atomic mass is 10.0. The minimum Gasteiger partial charge on any atom is -0.162 e. The van der Waals surface area contributed by atoms with Crippen LogP contribution in [0.4, 0.5) is 17.1 Å². The van der Waals surface area contributed by atoms with Crippen molar-refractivity contribution >= 4 is 20.4 Å². The molecule has 0 N–H and O–H groups in total. The van der Waals surface area contributed by atoms with Crippen molar-refractivity contribution in [3.63, 3.8) is 0 Å². The third-order valence-corrected chi connectivity index (χ3v) is 6.90. The van der Waals surface area contributed by atoms with Crippen LogP contribution in [0.25, 0.3) is 0 Å². The minimum atomic E-state index is -6.37. The molecule has 20 heavy (non-hydrogen) atoms. The molecule has 2 unspecified atom stereocenters. The summed E-state index contributed by atoms with van der Waals surface area (Å²) < 4.78 is 94.8. The summed E-state index contributed by atoms with van der Waals surface area (Å²) >= 11 is 0. The molecule has 1 heterocycles. The molecule has 11 heteroatoms. The van der Waals surface area contributed by atoms with E-state index in [1.807, 2.05) is 0 Å². The SMILES string of the molecule is CCC1C(C)=CC=C[N+]1(S(=O)(=O)F)S(=O)(=O)C(F)(F)F. The van der Waals surface area contributed by atoms with E-state index in [2.05, 4.69) is 0 Å². The van der Waals surface area contributed by atoms with Gasteiger partial charge in [0.05, 0.1) is 0 Å². The molecule has 0 saturated carbocycles. The first-order chi connectivity index (χ1) is 8.83. The van der Waals surface area contributed by atoms with E-state index in [0.717, 1.165) is 6.08 Å². The Morgan fingerprint density at radius 2 is 1.75 bits per heavy atom. The molecule has 0 fully saturated rings. The summed E-state index contributed by atoms with van der Waals surface area (Å²) in [6.45, 7) is 2.51. The molecule has 0 aromatic heterocycles. The fourth-order valence-electron chi connectivity index (χ4n) is 2.14. The molecule has 0 spiro atoms. The van der Waals surface area contributed by atoms with Crippen molar-refractivity contribution < 1.29 is 37.2 Å². The zero-order chi connectivity index (χ0) is 16.0. The number of hydrogen-bond donors (Lipinski definition) is 0. The van der Waals surface area contributed by atoms with E-state index in [1.165, 1.54) is 19.9 Å². The number of nitrogens with zero attached hydrogens (tertiary/aromatic N) is 1. The van der Waals surface area contributed by atoms with Gasteiger partial charge in [0.1, 0.15) is 12.2 Å². The summed E-state index contributed by atoms with van der Waals surface area (Å²) in [6.07, 6.45) is 1.90. The number of allylic oxidation sites excluding steroid dienone is 2. The fourth-order valence-corrected chi connectivity index (χ4v) is 5.37. The van der Waals surface area contributed by atoms with Gasteiger partial charge in [-0.1, -0.05) is 16.9 Å². The van der Waals surface area contributed by atoms with Crippen molar-refractivity contribution in [3.8, 4) is 0 Å². The second kappa shape index (κ2) is 4.81. The van der Waals surface area contributed by atoms with Gasteiger partial charge in [-0.05, 0) is 21.9 Å². The Morgan fingerprint density at radius 3 is 2.10 bits per heavy atom. The van der Waals surface area contributed by atoms with E-state index in [-0.39, 0.29) is 18.2 Å². The van der Waals surface area contributed by atoms with Crippen LogP contribution in [0.2, 0.25) is 0 Å². The number of halogens is 4. The Balaban J connectivity index is 3.84. The molecule has 116 valence electrons. The molecular formula is C9H12F4NO4S2+. The third-order valence-electron chi connectivity index (χ3n) is 3.01. The normalized spacial score (nSPS) is 28.3. The van der Waals surface area contributed by atoms with Gasteiger partial charge in [-0.2, -0.15) is 21.6 Å². The van der Waals surface area contributed by atoms with Gasteiger partial charge in [-0.3, -0.25) is 0 Å². The van der Waals surface area contributed by atoms with E-state index in [9.17, 15) is 33.9 Å². The van der Waals surface area contributed by atoms with Crippen molar-refractivity contribution in [3.05, 3.63) is 23.9 Å². The smallest absolute Gasteiger partial charge is 0.162 e. The fraction of sp³-hybridized carbons (Fsp3) is 0.556. The second-order valence-corrected chi connectivity index (χ2v) is 7.83. The van der Waals surface area contributed by atoms with E-state index in [1.54, 1.807) is 0 Å². The zero-order valence-electron chi connectivity index (χ0n) is 10.4. The molecule has 0 bridgehead atoms. The lowest BCUT2D eigenvalue weighted by molar-refractivity contribution is -0.648. The first kappa shape index (κ1) is 17.1. The largest absolute Gasteiger partial charge is 0.551 e. The van der Waals surface area contributed by atoms with E-state index >= 15 is 0 Å². The lowest BCUT2D eigenvalue weighted by Crippen LogP contribution is -2.62. The average molecular weight is 338 g/mol. The Hall–Kier alpha value is -0.940. The van der Waals surface area contributed by atoms with E-state index < -0.39 is 35.3 Å². The summed E-state index contributed by atoms with van der Waals surface area (Å²) in [5.74, 6) is 0. The van der Waals surface area contributed by atoms with Crippen LogP contribution in [0.15, 0.2) is 23.9 Å². The van der Waals surface area contributed by atoms with Crippen LogP contribution in [-0.4, -0.2) is 31.7 Å². The molecule has 5 nitrogen and oxygen atoms in total. The molecule has 1 rings (SSSR count). The maximum Gasteiger partial charge on any atom is 0.551 e. The first-order valence-electron chi connectivity index (χ1n) is 5.33. The van der Waals surface area contributed by atoms with Gasteiger partial charge >= 0.3 is 25.9 Å². The summed E-state index contributed by atoms with van der Waals surface area (Å²) in [6, 6.07) is -1.71. The predicted molar refractivity (Wildman–Crippen MR) is 62.2 cm³/mol. The topological polar surface area (TPSA) is 68.3 Å². The zero-order valence-corrected chi connectivity index (χ0v) is 12.1. The summed E-state index contributed by atoms with van der Waals surface area (Å²) in [5, 5.41) is 0. The van der Waals surface area contributed by atoms with Crippen LogP contribution < -0.4 is 0 Å². The molecule has 1 aliphatic rings. The molecule has 0 saturated heterocycles. The molecule has 0 amide bonds. The van der Waals surface area contributed by atoms with Gasteiger partial charge in [-0.15, -0.1) is 8.42 Å². The van der Waals surface area contributed by atoms with Crippen molar-refractivity contribution in [2.24, 2.45) is 0 Å². The molecule has 0 aliphatic carbocycles. The third kappa shape index (κ3) is 2.17. The van der Waals surface area contributed by atoms with Crippen LogP contribution in [0.1, 0.15) is 20.3 Å². The van der Waals surface area contributed by atoms with Crippen LogP contribution >= 0.6 is 0 Å². The minimum absolute atomic E-state index is 0.0176. The Labute approximate surface area is 114 Å². The van der Waals surface area contributed by atoms with Gasteiger partial charge < -0.3 is 0 Å². The van der Waals surface area contributed by atoms with E-state index in [4.69, 9.17) is 0 Å². The van der Waals surface area contributed by atoms with Crippen LogP contribution in [0.3, 0.4) is 0 Å². The van der Waals surface area contributed by atoms with Crippen molar-refractivity contribution in [1.82, 2.24) is 0 Å². The van der Waals surface area contributed by atoms with Crippen molar-refractivity contribution in [2.45, 2.75) is 31.8 Å². The predicted octanol–water partition coefficient (Wildman–Crippen LogP) is 2.12. The average Bonchev–Trinajstić information content (AvgIpc) is 2.25. The highest BCUT2D eigenvalue weighted by atomic mass is 32.3. The first-order valence-corrected chi connectivity index (χ1v) is 8.11. The second-order valence-electron chi connectivity index (χ2n) is 4.15. The monoisotopic (exact) mass is 338 g/mol. The molecule has 0 aromatic rings. The molecule has 1 aliphatic heterocycles. The Morgan fingerprint density at radius 1 is 1.25 bits per heavy atom. The summed E-state index contributed by atoms with van der Waals surface area (Å²) in [7, 11) is -12.5. The van der Waals surface area contributed by atoms with Crippen molar-refractivity contribution in [1.29, 1.82) is 0 Å². The van der Waals surface area contributed by atoms with Gasteiger partial charge in [0.25, 0.3) is 0 Å². The Bertz CT molecular complexity index is 663. The highest BCUT2D eigenvalue weighted by Gasteiger charge is 2.70. The number of rotatable bonds is 3. The molecular weight excluding hydrogens is 326 g/mol. The molecule has 2 atom stereocenters. The number of sulfonamides is 1. The quantitative estimate of drug-likeness (QED) is 0.449. The number of alkyl halides is 3. The van der Waals surface area contributed by atoms with Crippen molar-refractivity contribution in [2.75, 3.05) is 0 Å². The summed E-state index contributed by atoms with van der Waals surface area (Å²) in [4.78, 5) is 0. The number of quaternary nitrogens is 1. The van der Waals surface area contributed by atoms with Gasteiger partial charge in [0.2, 0.25) is 0 Å². The molecule has 0 radical (unpaired) electrons. The van der Waals surface area contributed by atoms with E-state index in [0.29, 0.717) is 0 Å².